The van der Waals surface area contributed by atoms with Crippen LogP contribution in [0.2, 0.25) is 0 Å². The number of aliphatic carboxylic acids is 1. The molecule has 0 bridgehead atoms. The van der Waals surface area contributed by atoms with E-state index in [4.69, 9.17) is 5.11 Å². The van der Waals surface area contributed by atoms with Gasteiger partial charge in [0, 0.05) is 16.0 Å². The van der Waals surface area contributed by atoms with Gasteiger partial charge in [-0.25, -0.2) is 0 Å². The van der Waals surface area contributed by atoms with Crippen LogP contribution in [0.4, 0.5) is 0 Å². The number of thioether (sulfide) groups is 1. The summed E-state index contributed by atoms with van der Waals surface area (Å²) in [5.74, 6) is -0.698. The van der Waals surface area contributed by atoms with Crippen molar-refractivity contribution in [2.24, 2.45) is 0 Å². The predicted molar refractivity (Wildman–Crippen MR) is 83.6 cm³/mol. The summed E-state index contributed by atoms with van der Waals surface area (Å²) >= 11 is 1.41. The molecule has 0 amide bonds. The quantitative estimate of drug-likeness (QED) is 0.846. The predicted octanol–water partition coefficient (Wildman–Crippen LogP) is 3.98. The summed E-state index contributed by atoms with van der Waals surface area (Å²) in [4.78, 5) is 16.6. The minimum atomic E-state index is -0.785. The third-order valence-electron chi connectivity index (χ3n) is 3.24. The van der Waals surface area contributed by atoms with Gasteiger partial charge < -0.3 is 5.11 Å². The average molecular weight is 289 g/mol. The number of aryl methyl sites for hydroxylation is 2. The van der Waals surface area contributed by atoms with Gasteiger partial charge in [-0.3, -0.25) is 9.78 Å². The minimum Gasteiger partial charge on any atom is -0.481 e. The topological polar surface area (TPSA) is 50.2 Å². The first-order valence-electron chi connectivity index (χ1n) is 6.77. The van der Waals surface area contributed by atoms with Gasteiger partial charge >= 0.3 is 5.97 Å². The molecule has 0 atom stereocenters. The van der Waals surface area contributed by atoms with Crippen LogP contribution in [0.5, 0.6) is 0 Å². The third-order valence-corrected chi connectivity index (χ3v) is 4.38. The molecule has 2 rings (SSSR count). The summed E-state index contributed by atoms with van der Waals surface area (Å²) in [6.07, 6.45) is 1.96. The van der Waals surface area contributed by atoms with Gasteiger partial charge in [-0.15, -0.1) is 11.8 Å². The lowest BCUT2D eigenvalue weighted by Crippen LogP contribution is -2.02. The van der Waals surface area contributed by atoms with Gasteiger partial charge in [0.1, 0.15) is 0 Å². The van der Waals surface area contributed by atoms with Crippen molar-refractivity contribution in [3.8, 4) is 0 Å². The Bertz CT molecular complexity index is 652. The van der Waals surface area contributed by atoms with Crippen LogP contribution in [0.25, 0.3) is 10.9 Å². The molecule has 0 aliphatic rings. The first kappa shape index (κ1) is 14.9. The molecule has 1 aromatic carbocycles. The molecular weight excluding hydrogens is 270 g/mol. The molecule has 0 saturated heterocycles. The summed E-state index contributed by atoms with van der Waals surface area (Å²) in [6.45, 7) is 6.19. The number of rotatable bonds is 5. The number of nitrogens with zero attached hydrogens (tertiary/aromatic N) is 1. The Morgan fingerprint density at radius 3 is 2.75 bits per heavy atom. The highest BCUT2D eigenvalue weighted by molar-refractivity contribution is 8.00. The van der Waals surface area contributed by atoms with Gasteiger partial charge in [0.25, 0.3) is 0 Å². The third kappa shape index (κ3) is 3.12. The standard InChI is InChI=1S/C16H19NO2S/c1-4-5-12-11(3)17-14-7-6-10(2)8-13(14)16(12)20-9-15(18)19/h6-8H,4-5,9H2,1-3H3,(H,18,19). The number of carboxylic acids is 1. The van der Waals surface area contributed by atoms with Crippen LogP contribution in [0.3, 0.4) is 0 Å². The summed E-state index contributed by atoms with van der Waals surface area (Å²) in [5.41, 5.74) is 4.32. The largest absolute Gasteiger partial charge is 0.481 e. The molecular formula is C16H19NO2S. The molecule has 0 radical (unpaired) electrons. The SMILES string of the molecule is CCCc1c(C)nc2ccc(C)cc2c1SCC(=O)O. The molecule has 0 fully saturated rings. The van der Waals surface area contributed by atoms with Crippen molar-refractivity contribution < 1.29 is 9.90 Å². The van der Waals surface area contributed by atoms with Crippen LogP contribution >= 0.6 is 11.8 Å². The smallest absolute Gasteiger partial charge is 0.313 e. The van der Waals surface area contributed by atoms with Crippen molar-refractivity contribution in [1.29, 1.82) is 0 Å². The number of fused-ring (bicyclic) bond motifs is 1. The lowest BCUT2D eigenvalue weighted by molar-refractivity contribution is -0.133. The van der Waals surface area contributed by atoms with Crippen LogP contribution in [0, 0.1) is 13.8 Å². The number of pyridine rings is 1. The number of hydrogen-bond donors (Lipinski definition) is 1. The molecule has 0 spiro atoms. The van der Waals surface area contributed by atoms with Crippen LogP contribution in [0.15, 0.2) is 23.1 Å². The molecule has 0 aliphatic carbocycles. The lowest BCUT2D eigenvalue weighted by Gasteiger charge is -2.14. The molecule has 1 aromatic heterocycles. The Labute approximate surface area is 123 Å². The minimum absolute atomic E-state index is 0.0865. The fourth-order valence-corrected chi connectivity index (χ4v) is 3.36. The number of carbonyl (C=O) groups is 1. The Morgan fingerprint density at radius 1 is 1.35 bits per heavy atom. The monoisotopic (exact) mass is 289 g/mol. The van der Waals surface area contributed by atoms with Gasteiger partial charge in [0.2, 0.25) is 0 Å². The van der Waals surface area contributed by atoms with Crippen molar-refractivity contribution in [2.45, 2.75) is 38.5 Å². The Kier molecular flexibility index (Phi) is 4.65. The van der Waals surface area contributed by atoms with E-state index >= 15 is 0 Å². The number of benzene rings is 1. The van der Waals surface area contributed by atoms with Crippen LogP contribution in [-0.2, 0) is 11.2 Å². The van der Waals surface area contributed by atoms with E-state index < -0.39 is 5.97 Å². The second-order valence-electron chi connectivity index (χ2n) is 4.96. The highest BCUT2D eigenvalue weighted by Crippen LogP contribution is 2.33. The normalized spacial score (nSPS) is 10.9. The Hall–Kier alpha value is -1.55. The molecule has 0 saturated carbocycles. The molecule has 0 aliphatic heterocycles. The fourth-order valence-electron chi connectivity index (χ4n) is 2.35. The Morgan fingerprint density at radius 2 is 2.10 bits per heavy atom. The van der Waals surface area contributed by atoms with Crippen LogP contribution < -0.4 is 0 Å². The van der Waals surface area contributed by atoms with E-state index in [1.807, 2.05) is 26.0 Å². The average Bonchev–Trinajstić information content (AvgIpc) is 2.39. The molecule has 106 valence electrons. The van der Waals surface area contributed by atoms with E-state index in [-0.39, 0.29) is 5.75 Å². The van der Waals surface area contributed by atoms with Crippen molar-refractivity contribution in [3.05, 3.63) is 35.0 Å². The molecule has 0 unspecified atom stereocenters. The highest BCUT2D eigenvalue weighted by atomic mass is 32.2. The fraction of sp³-hybridized carbons (Fsp3) is 0.375. The Balaban J connectivity index is 2.63. The van der Waals surface area contributed by atoms with Gasteiger partial charge in [-0.05, 0) is 38.0 Å². The summed E-state index contributed by atoms with van der Waals surface area (Å²) in [5, 5.41) is 10.0. The zero-order valence-electron chi connectivity index (χ0n) is 12.1. The van der Waals surface area contributed by atoms with E-state index in [1.54, 1.807) is 0 Å². The first-order chi connectivity index (χ1) is 9.52. The van der Waals surface area contributed by atoms with E-state index in [0.717, 1.165) is 34.3 Å². The van der Waals surface area contributed by atoms with Gasteiger partial charge in [-0.1, -0.05) is 25.0 Å². The van der Waals surface area contributed by atoms with E-state index in [1.165, 1.54) is 22.9 Å². The summed E-state index contributed by atoms with van der Waals surface area (Å²) < 4.78 is 0. The molecule has 3 nitrogen and oxygen atoms in total. The van der Waals surface area contributed by atoms with Gasteiger partial charge in [0.15, 0.2) is 0 Å². The van der Waals surface area contributed by atoms with Gasteiger partial charge in [0.05, 0.1) is 11.3 Å². The number of carboxylic acid groups (broad SMARTS) is 1. The maximum absolute atomic E-state index is 10.9. The van der Waals surface area contributed by atoms with E-state index in [9.17, 15) is 4.79 Å². The second kappa shape index (κ2) is 6.27. The molecule has 4 heteroatoms. The van der Waals surface area contributed by atoms with Crippen molar-refractivity contribution in [2.75, 3.05) is 5.75 Å². The van der Waals surface area contributed by atoms with Crippen molar-refractivity contribution in [3.63, 3.8) is 0 Å². The van der Waals surface area contributed by atoms with Crippen LogP contribution in [0.1, 0.15) is 30.2 Å². The number of aromatic nitrogens is 1. The molecule has 1 N–H and O–H groups in total. The maximum Gasteiger partial charge on any atom is 0.313 e. The van der Waals surface area contributed by atoms with E-state index in [2.05, 4.69) is 18.0 Å². The second-order valence-corrected chi connectivity index (χ2v) is 5.94. The van der Waals surface area contributed by atoms with Crippen molar-refractivity contribution >= 4 is 28.6 Å². The number of hydrogen-bond acceptors (Lipinski definition) is 3. The van der Waals surface area contributed by atoms with Crippen molar-refractivity contribution in [1.82, 2.24) is 4.98 Å². The van der Waals surface area contributed by atoms with Crippen LogP contribution in [-0.4, -0.2) is 21.8 Å². The summed E-state index contributed by atoms with van der Waals surface area (Å²) in [6, 6.07) is 6.16. The molecule has 2 aromatic rings. The lowest BCUT2D eigenvalue weighted by atomic mass is 10.0. The first-order valence-corrected chi connectivity index (χ1v) is 7.76. The zero-order valence-corrected chi connectivity index (χ0v) is 12.9. The molecule has 1 heterocycles. The van der Waals surface area contributed by atoms with Gasteiger partial charge in [-0.2, -0.15) is 0 Å². The van der Waals surface area contributed by atoms with E-state index in [0.29, 0.717) is 0 Å². The molecule has 20 heavy (non-hydrogen) atoms. The summed E-state index contributed by atoms with van der Waals surface area (Å²) in [7, 11) is 0. The maximum atomic E-state index is 10.9. The highest BCUT2D eigenvalue weighted by Gasteiger charge is 2.14. The zero-order chi connectivity index (χ0) is 14.7.